The van der Waals surface area contributed by atoms with Gasteiger partial charge in [0.15, 0.2) is 11.9 Å². The number of para-hydroxylation sites is 1. The molecule has 0 saturated carbocycles. The van der Waals surface area contributed by atoms with E-state index in [4.69, 9.17) is 28.7 Å². The van der Waals surface area contributed by atoms with E-state index in [9.17, 15) is 48.3 Å². The number of nitrogens with one attached hydrogen (secondary N) is 10. The first-order valence-electron chi connectivity index (χ1n) is 28.7. The lowest BCUT2D eigenvalue weighted by Gasteiger charge is -2.31. The minimum absolute atomic E-state index is 0.0270. The largest absolute Gasteiger partial charge is 0.480 e. The van der Waals surface area contributed by atoms with Crippen molar-refractivity contribution in [3.63, 3.8) is 0 Å². The lowest BCUT2D eigenvalue weighted by molar-refractivity contribution is -0.142. The fourth-order valence-electron chi connectivity index (χ4n) is 9.04. The molecule has 0 unspecified atom stereocenters. The zero-order chi connectivity index (χ0) is 62.8. The third-order valence-electron chi connectivity index (χ3n) is 14.2. The molecule has 28 nitrogen and oxygen atoms in total. The second kappa shape index (κ2) is 35.0. The summed E-state index contributed by atoms with van der Waals surface area (Å²) < 4.78 is 0. The van der Waals surface area contributed by atoms with E-state index in [0.29, 0.717) is 30.5 Å². The number of nitrogens with two attached hydrogens (primary N) is 5. The van der Waals surface area contributed by atoms with Crippen molar-refractivity contribution in [2.75, 3.05) is 13.1 Å². The number of amides is 8. The van der Waals surface area contributed by atoms with Gasteiger partial charge in [0.05, 0.1) is 12.4 Å². The Hall–Kier alpha value is -8.30. The molecule has 0 aliphatic carbocycles. The van der Waals surface area contributed by atoms with Crippen molar-refractivity contribution in [1.82, 2.24) is 57.5 Å². The molecule has 0 aliphatic heterocycles. The molecule has 0 aliphatic rings. The van der Waals surface area contributed by atoms with E-state index in [0.717, 1.165) is 10.9 Å². The summed E-state index contributed by atoms with van der Waals surface area (Å²) in [5.74, 6) is -8.70. The van der Waals surface area contributed by atoms with Crippen LogP contribution in [-0.2, 0) is 56.0 Å². The van der Waals surface area contributed by atoms with Crippen molar-refractivity contribution >= 4 is 76.0 Å². The first kappa shape index (κ1) is 70.0. The van der Waals surface area contributed by atoms with Gasteiger partial charge in [0.2, 0.25) is 47.3 Å². The molecular weight excluding hydrogens is 1080 g/mol. The number of benzene rings is 1. The van der Waals surface area contributed by atoms with Crippen LogP contribution in [0.25, 0.3) is 10.9 Å². The summed E-state index contributed by atoms with van der Waals surface area (Å²) in [6, 6.07) is -3.75. The minimum atomic E-state index is -1.41. The van der Waals surface area contributed by atoms with Gasteiger partial charge in [-0.15, -0.1) is 0 Å². The molecule has 0 spiro atoms. The molecule has 3 aromatic rings. The summed E-state index contributed by atoms with van der Waals surface area (Å²) in [5, 5.41) is 32.6. The summed E-state index contributed by atoms with van der Waals surface area (Å²) in [6.45, 7) is 16.2. The topological polar surface area (TPSA) is 469 Å². The van der Waals surface area contributed by atoms with Crippen molar-refractivity contribution in [2.24, 2.45) is 62.3 Å². The third kappa shape index (κ3) is 23.5. The molecule has 8 amide bonds. The molecule has 0 radical (unpaired) electrons. The molecule has 2 heterocycles. The Bertz CT molecular complexity index is 2700. The van der Waals surface area contributed by atoms with Crippen LogP contribution in [-0.4, -0.2) is 153 Å². The van der Waals surface area contributed by atoms with Crippen LogP contribution in [0.4, 0.5) is 0 Å². The highest BCUT2D eigenvalue weighted by atomic mass is 16.4. The number of carbonyl (C=O) groups excluding carboxylic acids is 8. The van der Waals surface area contributed by atoms with Gasteiger partial charge in [-0.3, -0.25) is 48.3 Å². The number of rotatable bonds is 37. The van der Waals surface area contributed by atoms with E-state index in [2.05, 4.69) is 67.5 Å². The number of H-pyrrole nitrogens is 2. The van der Waals surface area contributed by atoms with Gasteiger partial charge in [0, 0.05) is 54.9 Å². The molecule has 0 saturated heterocycles. The molecule has 84 heavy (non-hydrogen) atoms. The number of carboxylic acid groups (broad SMARTS) is 1. The molecule has 2 aromatic heterocycles. The Morgan fingerprint density at radius 2 is 1.04 bits per heavy atom. The van der Waals surface area contributed by atoms with E-state index in [1.807, 2.05) is 65.8 Å². The van der Waals surface area contributed by atoms with Gasteiger partial charge in [-0.1, -0.05) is 86.4 Å². The van der Waals surface area contributed by atoms with E-state index in [1.54, 1.807) is 20.0 Å². The van der Waals surface area contributed by atoms with Crippen molar-refractivity contribution < 1.29 is 48.3 Å². The zero-order valence-electron chi connectivity index (χ0n) is 49.9. The highest BCUT2D eigenvalue weighted by Crippen LogP contribution is 2.21. The van der Waals surface area contributed by atoms with Gasteiger partial charge in [-0.25, -0.2) is 9.78 Å². The fourth-order valence-corrected chi connectivity index (χ4v) is 9.04. The van der Waals surface area contributed by atoms with Gasteiger partial charge in [0.25, 0.3) is 0 Å². The van der Waals surface area contributed by atoms with Gasteiger partial charge in [0.1, 0.15) is 48.3 Å². The van der Waals surface area contributed by atoms with Crippen molar-refractivity contribution in [3.05, 3.63) is 54.2 Å². The second-order valence-electron chi connectivity index (χ2n) is 22.2. The SMILES string of the molecule is CC[C@H](C)[C@H](NC(=O)[C@H](C)NC(=O)[C@H](CC(C)C)NC(=O)[C@@H](N)CCCN=C(N)N)C(=O)N[C@@H](Cc1c[nH]c2ccccc12)C(=O)N[C@H](C(=O)N[C@@H](CC(C)C)C(=O)N[C@@H](CCCN=C(N)N)C(=O)N[C@@H](Cc1cnc[nH]1)C(=O)O)[C@@H](C)CC. The molecule has 3 rings (SSSR count). The standard InChI is InChI=1S/C56H92N18O10/c1-10-31(7)44(73-46(75)33(9)67-49(78)40(22-29(3)4)69-47(76)37(57)17-14-20-63-55(58)59)52(81)71-42(24-34-26-65-38-18-13-12-16-36(34)38)51(80)74-45(32(8)11-2)53(82)70-41(23-30(5)6)50(79)68-39(19-15-21-64-56(60)61)48(77)72-43(54(83)84)25-35-27-62-28-66-35/h12-13,16,18,26-33,37,39-45,65H,10-11,14-15,17,19-25,57H2,1-9H3,(H,62,66)(H,67,78)(H,68,79)(H,69,76)(H,70,82)(H,71,81)(H,72,77)(H,73,75)(H,74,80)(H,83,84)(H4,58,59,63)(H4,60,61,64)/t31-,32-,33-,37-,39-,40-,41-,42-,43-,44-,45-/m0/s1. The van der Waals surface area contributed by atoms with Crippen LogP contribution in [0.5, 0.6) is 0 Å². The molecule has 21 N–H and O–H groups in total. The van der Waals surface area contributed by atoms with Gasteiger partial charge >= 0.3 is 5.97 Å². The summed E-state index contributed by atoms with van der Waals surface area (Å²) in [4.78, 5) is 143. The molecule has 28 heteroatoms. The smallest absolute Gasteiger partial charge is 0.326 e. The number of hydrogen-bond donors (Lipinski definition) is 16. The first-order chi connectivity index (χ1) is 39.6. The van der Waals surface area contributed by atoms with Gasteiger partial charge < -0.3 is 86.3 Å². The number of hydrogen-bond acceptors (Lipinski definition) is 13. The second-order valence-corrected chi connectivity index (χ2v) is 22.2. The maximum absolute atomic E-state index is 14.9. The number of guanidine groups is 2. The van der Waals surface area contributed by atoms with Crippen LogP contribution in [0.15, 0.2) is 53.0 Å². The summed E-state index contributed by atoms with van der Waals surface area (Å²) in [5.41, 5.74) is 29.7. The third-order valence-corrected chi connectivity index (χ3v) is 14.2. The number of aliphatic carboxylic acids is 1. The summed E-state index contributed by atoms with van der Waals surface area (Å²) in [7, 11) is 0. The monoisotopic (exact) mass is 1180 g/mol. The quantitative estimate of drug-likeness (QED) is 0.0192. The van der Waals surface area contributed by atoms with Crippen molar-refractivity contribution in [1.29, 1.82) is 0 Å². The normalized spacial score (nSPS) is 15.2. The summed E-state index contributed by atoms with van der Waals surface area (Å²) in [6.07, 6.45) is 6.15. The number of imidazole rings is 1. The first-order valence-corrected chi connectivity index (χ1v) is 28.7. The van der Waals surface area contributed by atoms with E-state index >= 15 is 0 Å². The number of nitrogens with zero attached hydrogens (tertiary/aromatic N) is 3. The highest BCUT2D eigenvalue weighted by Gasteiger charge is 2.37. The molecule has 11 atom stereocenters. The van der Waals surface area contributed by atoms with Gasteiger partial charge in [-0.05, 0) is 80.8 Å². The molecular formula is C56H92N18O10. The van der Waals surface area contributed by atoms with Crippen LogP contribution < -0.4 is 71.2 Å². The number of aromatic nitrogens is 3. The van der Waals surface area contributed by atoms with Gasteiger partial charge in [-0.2, -0.15) is 0 Å². The number of carboxylic acids is 1. The Morgan fingerprint density at radius 3 is 1.56 bits per heavy atom. The highest BCUT2D eigenvalue weighted by molar-refractivity contribution is 5.98. The number of aliphatic imine (C=N–C) groups is 2. The predicted molar refractivity (Wildman–Crippen MR) is 319 cm³/mol. The molecule has 0 fully saturated rings. The summed E-state index contributed by atoms with van der Waals surface area (Å²) >= 11 is 0. The van der Waals surface area contributed by atoms with E-state index in [1.165, 1.54) is 19.4 Å². The van der Waals surface area contributed by atoms with Crippen molar-refractivity contribution in [2.45, 2.75) is 181 Å². The van der Waals surface area contributed by atoms with E-state index in [-0.39, 0.29) is 81.8 Å². The lowest BCUT2D eigenvalue weighted by Crippen LogP contribution is -2.62. The zero-order valence-corrected chi connectivity index (χ0v) is 49.9. The molecule has 466 valence electrons. The maximum atomic E-state index is 14.9. The molecule has 1 aromatic carbocycles. The Labute approximate surface area is 490 Å². The molecule has 0 bridgehead atoms. The maximum Gasteiger partial charge on any atom is 0.326 e. The van der Waals surface area contributed by atoms with Crippen LogP contribution in [0.2, 0.25) is 0 Å². The van der Waals surface area contributed by atoms with Crippen LogP contribution in [0, 0.1) is 23.7 Å². The fraction of sp³-hybridized carbons (Fsp3) is 0.607. The van der Waals surface area contributed by atoms with Crippen LogP contribution in [0.1, 0.15) is 125 Å². The predicted octanol–water partition coefficient (Wildman–Crippen LogP) is -0.722. The Morgan fingerprint density at radius 1 is 0.560 bits per heavy atom. The lowest BCUT2D eigenvalue weighted by atomic mass is 9.95. The van der Waals surface area contributed by atoms with Crippen LogP contribution in [0.3, 0.4) is 0 Å². The Kier molecular flexibility index (Phi) is 29.1. The average Bonchev–Trinajstić information content (AvgIpc) is 4.33. The Balaban J connectivity index is 1.92. The number of fused-ring (bicyclic) bond motifs is 1. The van der Waals surface area contributed by atoms with Crippen LogP contribution >= 0.6 is 0 Å². The number of carbonyl (C=O) groups is 9. The van der Waals surface area contributed by atoms with E-state index < -0.39 is 119 Å². The van der Waals surface area contributed by atoms with Crippen molar-refractivity contribution in [3.8, 4) is 0 Å². The average molecular weight is 1180 g/mol. The minimum Gasteiger partial charge on any atom is -0.480 e. The number of aromatic amines is 2.